The first-order valence-electron chi connectivity index (χ1n) is 13.8. The molecule has 7 aromatic carbocycles. The lowest BCUT2D eigenvalue weighted by molar-refractivity contribution is 1.18. The molecule has 9 rings (SSSR count). The van der Waals surface area contributed by atoms with Gasteiger partial charge in [-0.3, -0.25) is 0 Å². The van der Waals surface area contributed by atoms with E-state index in [0.717, 1.165) is 0 Å². The molecule has 0 atom stereocenters. The zero-order chi connectivity index (χ0) is 26.2. The van der Waals surface area contributed by atoms with E-state index in [1.54, 1.807) is 0 Å². The van der Waals surface area contributed by atoms with Gasteiger partial charge in [-0.05, 0) is 87.3 Å². The van der Waals surface area contributed by atoms with Gasteiger partial charge in [-0.2, -0.15) is 0 Å². The standard InChI is InChI=1S/C38H24N2/c1-2-8-24(9-3-1)25-14-16-30(17-15-25)40-37-21-29-19-27-11-5-4-10-26(27)18-28(29)20-33(37)34-22-36-32(23-38(34)40)31-12-6-7-13-35(31)39-36/h1-23,39H. The Balaban J connectivity index is 1.39. The van der Waals surface area contributed by atoms with Crippen LogP contribution >= 0.6 is 0 Å². The van der Waals surface area contributed by atoms with Crippen molar-refractivity contribution < 1.29 is 0 Å². The number of fused-ring (bicyclic) bond motifs is 8. The summed E-state index contributed by atoms with van der Waals surface area (Å²) < 4.78 is 2.44. The molecule has 40 heavy (non-hydrogen) atoms. The first-order valence-corrected chi connectivity index (χ1v) is 13.8. The number of aromatic amines is 1. The molecule has 2 nitrogen and oxygen atoms in total. The molecule has 0 saturated heterocycles. The Morgan fingerprint density at radius 1 is 0.375 bits per heavy atom. The number of para-hydroxylation sites is 1. The molecule has 0 unspecified atom stereocenters. The van der Waals surface area contributed by atoms with E-state index in [1.165, 1.54) is 82.0 Å². The SMILES string of the molecule is c1ccc(-c2ccc(-n3c4cc5cc6ccccc6cc5cc4c4cc5[nH]c6ccccc6c5cc43)cc2)cc1. The van der Waals surface area contributed by atoms with Gasteiger partial charge in [0.2, 0.25) is 0 Å². The lowest BCUT2D eigenvalue weighted by Gasteiger charge is -2.10. The van der Waals surface area contributed by atoms with Crippen molar-refractivity contribution in [2.45, 2.75) is 0 Å². The number of nitrogens with zero attached hydrogens (tertiary/aromatic N) is 1. The van der Waals surface area contributed by atoms with Gasteiger partial charge in [-0.15, -0.1) is 0 Å². The summed E-state index contributed by atoms with van der Waals surface area (Å²) in [4.78, 5) is 3.66. The molecule has 1 N–H and O–H groups in total. The van der Waals surface area contributed by atoms with Crippen molar-refractivity contribution >= 4 is 65.2 Å². The Morgan fingerprint density at radius 3 is 1.80 bits per heavy atom. The highest BCUT2D eigenvalue weighted by atomic mass is 15.0. The summed E-state index contributed by atoms with van der Waals surface area (Å²) in [6.07, 6.45) is 0. The minimum atomic E-state index is 1.17. The number of hydrogen-bond acceptors (Lipinski definition) is 0. The Kier molecular flexibility index (Phi) is 4.36. The van der Waals surface area contributed by atoms with Gasteiger partial charge >= 0.3 is 0 Å². The molecule has 0 spiro atoms. The monoisotopic (exact) mass is 508 g/mol. The van der Waals surface area contributed by atoms with E-state index in [9.17, 15) is 0 Å². The second-order valence-electron chi connectivity index (χ2n) is 10.7. The molecule has 186 valence electrons. The van der Waals surface area contributed by atoms with E-state index in [0.29, 0.717) is 0 Å². The van der Waals surface area contributed by atoms with E-state index in [1.807, 2.05) is 0 Å². The van der Waals surface area contributed by atoms with Crippen LogP contribution in [-0.2, 0) is 0 Å². The number of rotatable bonds is 2. The Morgan fingerprint density at radius 2 is 1.00 bits per heavy atom. The molecule has 0 aliphatic carbocycles. The largest absolute Gasteiger partial charge is 0.354 e. The van der Waals surface area contributed by atoms with Crippen LogP contribution < -0.4 is 0 Å². The molecule has 2 heteroatoms. The summed E-state index contributed by atoms with van der Waals surface area (Å²) in [6.45, 7) is 0. The van der Waals surface area contributed by atoms with Crippen molar-refractivity contribution in [1.82, 2.24) is 9.55 Å². The van der Waals surface area contributed by atoms with Crippen LogP contribution in [-0.4, -0.2) is 9.55 Å². The highest BCUT2D eigenvalue weighted by Crippen LogP contribution is 2.39. The Labute approximate surface area is 230 Å². The third-order valence-electron chi connectivity index (χ3n) is 8.45. The molecule has 0 saturated carbocycles. The van der Waals surface area contributed by atoms with Crippen molar-refractivity contribution in [1.29, 1.82) is 0 Å². The van der Waals surface area contributed by atoms with Gasteiger partial charge in [0.1, 0.15) is 0 Å². The van der Waals surface area contributed by atoms with Gasteiger partial charge in [0.05, 0.1) is 11.0 Å². The van der Waals surface area contributed by atoms with Crippen LogP contribution in [0, 0.1) is 0 Å². The molecular weight excluding hydrogens is 484 g/mol. The fourth-order valence-electron chi connectivity index (χ4n) is 6.51. The number of benzene rings is 7. The van der Waals surface area contributed by atoms with Crippen LogP contribution in [0.15, 0.2) is 140 Å². The van der Waals surface area contributed by atoms with E-state index < -0.39 is 0 Å². The molecular formula is C38H24N2. The Hall–Kier alpha value is -5.34. The van der Waals surface area contributed by atoms with Gasteiger partial charge < -0.3 is 9.55 Å². The van der Waals surface area contributed by atoms with Gasteiger partial charge in [0.15, 0.2) is 0 Å². The van der Waals surface area contributed by atoms with Crippen molar-refractivity contribution in [3.63, 3.8) is 0 Å². The normalized spacial score (nSPS) is 12.0. The molecule has 0 fully saturated rings. The fraction of sp³-hybridized carbons (Fsp3) is 0. The van der Waals surface area contributed by atoms with Gasteiger partial charge in [-0.1, -0.05) is 84.9 Å². The second-order valence-corrected chi connectivity index (χ2v) is 10.7. The van der Waals surface area contributed by atoms with Crippen LogP contribution in [0.1, 0.15) is 0 Å². The number of aromatic nitrogens is 2. The van der Waals surface area contributed by atoms with E-state index in [2.05, 4.69) is 149 Å². The maximum Gasteiger partial charge on any atom is 0.0548 e. The number of nitrogens with one attached hydrogen (secondary N) is 1. The van der Waals surface area contributed by atoms with E-state index in [-0.39, 0.29) is 0 Å². The first kappa shape index (κ1) is 21.6. The third kappa shape index (κ3) is 3.11. The number of H-pyrrole nitrogens is 1. The average molecular weight is 509 g/mol. The summed E-state index contributed by atoms with van der Waals surface area (Å²) in [5, 5.41) is 10.1. The highest BCUT2D eigenvalue weighted by molar-refractivity contribution is 6.20. The van der Waals surface area contributed by atoms with Crippen molar-refractivity contribution in [2.75, 3.05) is 0 Å². The molecule has 0 aliphatic rings. The highest BCUT2D eigenvalue weighted by Gasteiger charge is 2.17. The predicted molar refractivity (Wildman–Crippen MR) is 171 cm³/mol. The van der Waals surface area contributed by atoms with Crippen LogP contribution in [0.5, 0.6) is 0 Å². The summed E-state index contributed by atoms with van der Waals surface area (Å²) in [6, 6.07) is 50.9. The van der Waals surface area contributed by atoms with Gasteiger partial charge in [0.25, 0.3) is 0 Å². The van der Waals surface area contributed by atoms with E-state index >= 15 is 0 Å². The zero-order valence-corrected chi connectivity index (χ0v) is 21.7. The molecule has 0 radical (unpaired) electrons. The average Bonchev–Trinajstić information content (AvgIpc) is 3.52. The fourth-order valence-corrected chi connectivity index (χ4v) is 6.51. The van der Waals surface area contributed by atoms with E-state index in [4.69, 9.17) is 0 Å². The quantitative estimate of drug-likeness (QED) is 0.224. The Bertz CT molecular complexity index is 2400. The summed E-state index contributed by atoms with van der Waals surface area (Å²) in [5.74, 6) is 0. The second kappa shape index (κ2) is 8.08. The summed E-state index contributed by atoms with van der Waals surface area (Å²) in [7, 11) is 0. The molecule has 2 aromatic heterocycles. The molecule has 0 amide bonds. The number of hydrogen-bond donors (Lipinski definition) is 1. The van der Waals surface area contributed by atoms with Crippen LogP contribution in [0.4, 0.5) is 0 Å². The minimum Gasteiger partial charge on any atom is -0.354 e. The maximum atomic E-state index is 3.66. The van der Waals surface area contributed by atoms with Crippen LogP contribution in [0.25, 0.3) is 82.0 Å². The van der Waals surface area contributed by atoms with Crippen LogP contribution in [0.2, 0.25) is 0 Å². The lowest BCUT2D eigenvalue weighted by Crippen LogP contribution is -1.94. The molecule has 0 aliphatic heterocycles. The molecule has 0 bridgehead atoms. The minimum absolute atomic E-state index is 1.17. The van der Waals surface area contributed by atoms with Gasteiger partial charge in [0, 0.05) is 38.3 Å². The predicted octanol–water partition coefficient (Wildman–Crippen LogP) is 10.4. The lowest BCUT2D eigenvalue weighted by atomic mass is 10.0. The van der Waals surface area contributed by atoms with Crippen LogP contribution in [0.3, 0.4) is 0 Å². The summed E-state index contributed by atoms with van der Waals surface area (Å²) in [5.41, 5.74) is 8.41. The van der Waals surface area contributed by atoms with Crippen molar-refractivity contribution in [3.05, 3.63) is 140 Å². The first-order chi connectivity index (χ1) is 19.8. The maximum absolute atomic E-state index is 3.66. The third-order valence-corrected chi connectivity index (χ3v) is 8.45. The van der Waals surface area contributed by atoms with Crippen molar-refractivity contribution in [3.8, 4) is 16.8 Å². The topological polar surface area (TPSA) is 20.7 Å². The molecule has 2 heterocycles. The molecule has 9 aromatic rings. The van der Waals surface area contributed by atoms with Gasteiger partial charge in [-0.25, -0.2) is 0 Å². The smallest absolute Gasteiger partial charge is 0.0548 e. The van der Waals surface area contributed by atoms with Crippen molar-refractivity contribution in [2.24, 2.45) is 0 Å². The summed E-state index contributed by atoms with van der Waals surface area (Å²) >= 11 is 0. The zero-order valence-electron chi connectivity index (χ0n) is 21.7.